The van der Waals surface area contributed by atoms with E-state index in [9.17, 15) is 36.7 Å². The van der Waals surface area contributed by atoms with Gasteiger partial charge in [0.05, 0.1) is 11.4 Å². The molecule has 1 fully saturated rings. The van der Waals surface area contributed by atoms with Crippen LogP contribution in [-0.4, -0.2) is 64.4 Å². The predicted molar refractivity (Wildman–Crippen MR) is 123 cm³/mol. The van der Waals surface area contributed by atoms with Crippen LogP contribution >= 0.6 is 0 Å². The Balaban J connectivity index is 1.78. The Morgan fingerprint density at radius 3 is 2.30 bits per heavy atom. The summed E-state index contributed by atoms with van der Waals surface area (Å²) in [5.74, 6) is -6.28. The summed E-state index contributed by atoms with van der Waals surface area (Å²) in [5.41, 5.74) is -0.0579. The van der Waals surface area contributed by atoms with Gasteiger partial charge in [-0.1, -0.05) is 32.9 Å². The average molecular weight is 529 g/mol. The second-order valence-electron chi connectivity index (χ2n) is 9.65. The Morgan fingerprint density at radius 1 is 1.05 bits per heavy atom. The lowest BCUT2D eigenvalue weighted by Crippen LogP contribution is -2.58. The third kappa shape index (κ3) is 6.08. The normalized spacial score (nSPS) is 17.8. The van der Waals surface area contributed by atoms with Crippen molar-refractivity contribution < 1.29 is 41.3 Å². The van der Waals surface area contributed by atoms with Crippen molar-refractivity contribution in [1.82, 2.24) is 20.7 Å². The molecule has 0 aliphatic carbocycles. The first kappa shape index (κ1) is 28.1. The van der Waals surface area contributed by atoms with Gasteiger partial charge in [0.15, 0.2) is 11.3 Å². The van der Waals surface area contributed by atoms with Crippen molar-refractivity contribution in [3.63, 3.8) is 0 Å². The fourth-order valence-electron chi connectivity index (χ4n) is 4.24. The molecule has 1 aliphatic heterocycles. The smallest absolute Gasteiger partial charge is 0.355 e. The molecule has 3 amide bonds. The number of nitrogens with one attached hydrogen (secondary N) is 2. The molecule has 0 spiro atoms. The van der Waals surface area contributed by atoms with Crippen LogP contribution in [0.25, 0.3) is 11.0 Å². The Bertz CT molecular complexity index is 1190. The number of likely N-dealkylation sites (tertiary alicyclic amines) is 1. The van der Waals surface area contributed by atoms with Crippen LogP contribution in [0.15, 0.2) is 22.7 Å². The summed E-state index contributed by atoms with van der Waals surface area (Å²) in [6, 6.07) is -0.525. The van der Waals surface area contributed by atoms with Gasteiger partial charge in [0, 0.05) is 6.54 Å². The lowest BCUT2D eigenvalue weighted by molar-refractivity contribution is -0.175. The van der Waals surface area contributed by atoms with Crippen LogP contribution in [0.2, 0.25) is 0 Å². The third-order valence-electron chi connectivity index (χ3n) is 6.23. The Kier molecular flexibility index (Phi) is 8.23. The average Bonchev–Trinajstić information content (AvgIpc) is 3.46. The molecule has 0 unspecified atom stereocenters. The molecule has 202 valence electrons. The first-order valence-electron chi connectivity index (χ1n) is 11.8. The molecule has 37 heavy (non-hydrogen) atoms. The molecule has 3 rings (SSSR count). The first-order chi connectivity index (χ1) is 17.2. The number of amides is 3. The number of hydrogen-bond acceptors (Lipinski definition) is 6. The van der Waals surface area contributed by atoms with Crippen LogP contribution in [-0.2, 0) is 14.4 Å². The molecule has 2 N–H and O–H groups in total. The van der Waals surface area contributed by atoms with E-state index in [2.05, 4.69) is 15.8 Å². The van der Waals surface area contributed by atoms with E-state index in [1.54, 1.807) is 13.8 Å². The largest absolute Gasteiger partial charge is 0.452 e. The maximum atomic E-state index is 13.7. The molecule has 0 radical (unpaired) electrons. The highest BCUT2D eigenvalue weighted by Gasteiger charge is 2.46. The van der Waals surface area contributed by atoms with E-state index < -0.39 is 65.5 Å². The number of halogens is 4. The summed E-state index contributed by atoms with van der Waals surface area (Å²) in [5, 5.41) is 8.49. The molecular formula is C24H28F4N4O5. The lowest BCUT2D eigenvalue weighted by Gasteiger charge is -2.31. The van der Waals surface area contributed by atoms with Gasteiger partial charge in [0.25, 0.3) is 11.7 Å². The number of carbonyl (C=O) groups is 4. The first-order valence-corrected chi connectivity index (χ1v) is 11.8. The van der Waals surface area contributed by atoms with Crippen molar-refractivity contribution in [3.05, 3.63) is 29.7 Å². The molecule has 9 nitrogen and oxygen atoms in total. The van der Waals surface area contributed by atoms with Crippen molar-refractivity contribution in [2.45, 2.75) is 64.8 Å². The Labute approximate surface area is 209 Å². The minimum absolute atomic E-state index is 0.111. The van der Waals surface area contributed by atoms with Gasteiger partial charge in [0.1, 0.15) is 17.9 Å². The van der Waals surface area contributed by atoms with Crippen LogP contribution < -0.4 is 10.6 Å². The molecule has 13 heteroatoms. The molecular weight excluding hydrogens is 500 g/mol. The van der Waals surface area contributed by atoms with E-state index >= 15 is 0 Å². The highest BCUT2D eigenvalue weighted by atomic mass is 19.4. The SMILES string of the molecule is CC(C)[C@H](NC(=O)c1noc2ccc(F)cc12)C(=O)N1CCC[C@H]1C(=O)N[C@H](C(=O)C(F)(F)F)C(C)C. The molecule has 1 aromatic heterocycles. The minimum Gasteiger partial charge on any atom is -0.355 e. The van der Waals surface area contributed by atoms with Crippen molar-refractivity contribution in [2.75, 3.05) is 6.54 Å². The second kappa shape index (κ2) is 10.9. The zero-order valence-electron chi connectivity index (χ0n) is 20.7. The van der Waals surface area contributed by atoms with E-state index in [-0.39, 0.29) is 29.6 Å². The van der Waals surface area contributed by atoms with Crippen LogP contribution in [0.3, 0.4) is 0 Å². The van der Waals surface area contributed by atoms with E-state index in [0.29, 0.717) is 6.42 Å². The number of Topliss-reactive ketones (excluding diaryl/α,β-unsaturated/α-hetero) is 1. The third-order valence-corrected chi connectivity index (χ3v) is 6.23. The maximum absolute atomic E-state index is 13.7. The molecule has 2 aromatic rings. The van der Waals surface area contributed by atoms with Crippen molar-refractivity contribution >= 4 is 34.5 Å². The number of ketones is 1. The number of aromatic nitrogens is 1. The summed E-state index contributed by atoms with van der Waals surface area (Å²) < 4.78 is 57.7. The number of fused-ring (bicyclic) bond motifs is 1. The summed E-state index contributed by atoms with van der Waals surface area (Å²) in [6.07, 6.45) is -4.56. The monoisotopic (exact) mass is 528 g/mol. The molecule has 1 saturated heterocycles. The van der Waals surface area contributed by atoms with Gasteiger partial charge in [-0.05, 0) is 42.9 Å². The summed E-state index contributed by atoms with van der Waals surface area (Å²) in [6.45, 7) is 6.19. The van der Waals surface area contributed by atoms with E-state index in [0.717, 1.165) is 12.1 Å². The topological polar surface area (TPSA) is 122 Å². The summed E-state index contributed by atoms with van der Waals surface area (Å²) >= 11 is 0. The van der Waals surface area contributed by atoms with Gasteiger partial charge in [-0.2, -0.15) is 13.2 Å². The Hall–Kier alpha value is -3.51. The predicted octanol–water partition coefficient (Wildman–Crippen LogP) is 2.98. The van der Waals surface area contributed by atoms with Crippen LogP contribution in [0.4, 0.5) is 17.6 Å². The van der Waals surface area contributed by atoms with Crippen molar-refractivity contribution in [3.8, 4) is 0 Å². The quantitative estimate of drug-likeness (QED) is 0.508. The number of hydrogen-bond donors (Lipinski definition) is 2. The number of nitrogens with zero attached hydrogens (tertiary/aromatic N) is 2. The Morgan fingerprint density at radius 2 is 1.70 bits per heavy atom. The number of alkyl halides is 3. The second-order valence-corrected chi connectivity index (χ2v) is 9.65. The number of rotatable bonds is 8. The van der Waals surface area contributed by atoms with Crippen LogP contribution in [0.5, 0.6) is 0 Å². The molecule has 1 aliphatic rings. The number of carbonyl (C=O) groups excluding carboxylic acids is 4. The van der Waals surface area contributed by atoms with Gasteiger partial charge < -0.3 is 20.1 Å². The van der Waals surface area contributed by atoms with Crippen molar-refractivity contribution in [1.29, 1.82) is 0 Å². The summed E-state index contributed by atoms with van der Waals surface area (Å²) in [4.78, 5) is 52.3. The van der Waals surface area contributed by atoms with Gasteiger partial charge >= 0.3 is 6.18 Å². The summed E-state index contributed by atoms with van der Waals surface area (Å²) in [7, 11) is 0. The molecule has 2 heterocycles. The molecule has 0 saturated carbocycles. The maximum Gasteiger partial charge on any atom is 0.452 e. The van der Waals surface area contributed by atoms with Crippen molar-refractivity contribution in [2.24, 2.45) is 11.8 Å². The van der Waals surface area contributed by atoms with Gasteiger partial charge in [-0.3, -0.25) is 19.2 Å². The zero-order chi connectivity index (χ0) is 27.7. The van der Waals surface area contributed by atoms with Crippen LogP contribution in [0.1, 0.15) is 51.0 Å². The number of benzene rings is 1. The lowest BCUT2D eigenvalue weighted by atomic mass is 9.98. The van der Waals surface area contributed by atoms with Gasteiger partial charge in [-0.15, -0.1) is 0 Å². The highest BCUT2D eigenvalue weighted by molar-refractivity contribution is 6.05. The van der Waals surface area contributed by atoms with Gasteiger partial charge in [0.2, 0.25) is 11.8 Å². The fourth-order valence-corrected chi connectivity index (χ4v) is 4.24. The van der Waals surface area contributed by atoms with E-state index in [4.69, 9.17) is 4.52 Å². The van der Waals surface area contributed by atoms with E-state index in [1.165, 1.54) is 24.8 Å². The zero-order valence-corrected chi connectivity index (χ0v) is 20.7. The molecule has 3 atom stereocenters. The fraction of sp³-hybridized carbons (Fsp3) is 0.542. The van der Waals surface area contributed by atoms with Gasteiger partial charge in [-0.25, -0.2) is 4.39 Å². The minimum atomic E-state index is -5.13. The van der Waals surface area contributed by atoms with Crippen LogP contribution in [0, 0.1) is 17.7 Å². The molecule has 1 aromatic carbocycles. The van der Waals surface area contributed by atoms with E-state index in [1.807, 2.05) is 0 Å². The highest BCUT2D eigenvalue weighted by Crippen LogP contribution is 2.25. The standard InChI is InChI=1S/C24H28F4N4O5/c1-11(2)17(20(33)24(26,27)28)29-21(34)15-6-5-9-32(15)23(36)18(12(3)4)30-22(35)19-14-10-13(25)7-8-16(14)37-31-19/h7-8,10-12,15,17-18H,5-6,9H2,1-4H3,(H,29,34)(H,30,35)/t15-,17-,18-/m0/s1. The molecule has 0 bridgehead atoms.